The number of halogens is 2. The van der Waals surface area contributed by atoms with Crippen LogP contribution in [0.25, 0.3) is 0 Å². The summed E-state index contributed by atoms with van der Waals surface area (Å²) in [6, 6.07) is 8.40. The van der Waals surface area contributed by atoms with Crippen molar-refractivity contribution in [3.8, 4) is 0 Å². The van der Waals surface area contributed by atoms with Gasteiger partial charge in [-0.15, -0.1) is 11.3 Å². The normalized spacial score (nSPS) is 20.9. The van der Waals surface area contributed by atoms with Gasteiger partial charge < -0.3 is 15.5 Å². The number of hydrogen-bond acceptors (Lipinski definition) is 9. The van der Waals surface area contributed by atoms with Gasteiger partial charge >= 0.3 is 10.3 Å². The summed E-state index contributed by atoms with van der Waals surface area (Å²) in [4.78, 5) is 21.8. The van der Waals surface area contributed by atoms with Crippen LogP contribution >= 0.6 is 38.9 Å². The number of thiophene rings is 1. The van der Waals surface area contributed by atoms with Gasteiger partial charge in [0.05, 0.1) is 20.9 Å². The van der Waals surface area contributed by atoms with Crippen molar-refractivity contribution in [2.75, 3.05) is 11.9 Å². The van der Waals surface area contributed by atoms with Crippen molar-refractivity contribution < 1.29 is 28.0 Å². The highest BCUT2D eigenvalue weighted by Crippen LogP contribution is 2.37. The fraction of sp³-hybridized carbons (Fsp3) is 0.318. The number of ketones is 1. The molecule has 0 spiro atoms. The van der Waals surface area contributed by atoms with Crippen molar-refractivity contribution in [2.24, 2.45) is 5.92 Å². The highest BCUT2D eigenvalue weighted by Gasteiger charge is 2.34. The van der Waals surface area contributed by atoms with Gasteiger partial charge in [0, 0.05) is 34.7 Å². The zero-order valence-corrected chi connectivity index (χ0v) is 22.5. The molecular weight excluding hydrogens is 596 g/mol. The smallest absolute Gasteiger partial charge is 0.333 e. The first kappa shape index (κ1) is 27.1. The summed E-state index contributed by atoms with van der Waals surface area (Å²) in [6.45, 7) is -0.121. The molecule has 0 bridgehead atoms. The van der Waals surface area contributed by atoms with E-state index in [2.05, 4.69) is 31.2 Å². The minimum absolute atomic E-state index is 0.121. The average molecular weight is 618 g/mol. The monoisotopic (exact) mass is 616 g/mol. The van der Waals surface area contributed by atoms with Crippen LogP contribution in [0.4, 0.5) is 5.82 Å². The number of nitrogens with zero attached hydrogens (tertiary/aromatic N) is 2. The molecule has 0 saturated heterocycles. The molecule has 192 valence electrons. The van der Waals surface area contributed by atoms with Gasteiger partial charge in [0.2, 0.25) is 5.78 Å². The Morgan fingerprint density at radius 3 is 2.81 bits per heavy atom. The molecule has 36 heavy (non-hydrogen) atoms. The quantitative estimate of drug-likeness (QED) is 0.179. The van der Waals surface area contributed by atoms with E-state index in [-0.39, 0.29) is 34.1 Å². The van der Waals surface area contributed by atoms with Crippen molar-refractivity contribution in [1.29, 1.82) is 0 Å². The Bertz CT molecular complexity index is 1370. The summed E-state index contributed by atoms with van der Waals surface area (Å²) in [5, 5.41) is 24.3. The molecule has 1 aliphatic rings. The maximum atomic E-state index is 13.3. The lowest BCUT2D eigenvalue weighted by Crippen LogP contribution is -2.32. The molecule has 1 aliphatic carbocycles. The van der Waals surface area contributed by atoms with Gasteiger partial charge in [0.15, 0.2) is 0 Å². The van der Waals surface area contributed by atoms with E-state index < -0.39 is 28.4 Å². The van der Waals surface area contributed by atoms with Gasteiger partial charge in [-0.3, -0.25) is 9.35 Å². The third kappa shape index (κ3) is 6.47. The average Bonchev–Trinajstić information content (AvgIpc) is 3.38. The Hall–Kier alpha value is -1.97. The predicted octanol–water partition coefficient (Wildman–Crippen LogP) is 3.21. The first-order valence-electron chi connectivity index (χ1n) is 10.8. The SMILES string of the molecule is O=C(c1cc([C@@H](O)c2cccc(Br)c2)c(Cl)s1)c1cncnc1N[C@@H]1C[C@H](CNS(=O)(=O)O)[C@@H](O)C1. The minimum Gasteiger partial charge on any atom is -0.393 e. The Morgan fingerprint density at radius 2 is 2.08 bits per heavy atom. The number of benzene rings is 1. The summed E-state index contributed by atoms with van der Waals surface area (Å²) in [5.41, 5.74) is 1.21. The highest BCUT2D eigenvalue weighted by molar-refractivity contribution is 9.10. The summed E-state index contributed by atoms with van der Waals surface area (Å²) in [5.74, 6) is -0.557. The van der Waals surface area contributed by atoms with Gasteiger partial charge in [-0.25, -0.2) is 9.97 Å². The van der Waals surface area contributed by atoms with E-state index in [9.17, 15) is 23.4 Å². The molecule has 2 aromatic heterocycles. The Kier molecular flexibility index (Phi) is 8.42. The first-order chi connectivity index (χ1) is 17.0. The number of nitrogens with one attached hydrogen (secondary N) is 2. The van der Waals surface area contributed by atoms with Crippen LogP contribution in [0.5, 0.6) is 0 Å². The molecule has 0 amide bonds. The largest absolute Gasteiger partial charge is 0.393 e. The van der Waals surface area contributed by atoms with Crippen LogP contribution in [-0.2, 0) is 10.3 Å². The minimum atomic E-state index is -4.36. The fourth-order valence-electron chi connectivity index (χ4n) is 4.13. The third-order valence-corrected chi connectivity index (χ3v) is 8.29. The molecule has 0 unspecified atom stereocenters. The van der Waals surface area contributed by atoms with Crippen molar-refractivity contribution in [1.82, 2.24) is 14.7 Å². The van der Waals surface area contributed by atoms with E-state index in [0.29, 0.717) is 28.8 Å². The molecule has 0 aliphatic heterocycles. The molecular formula is C22H22BrClN4O6S2. The Labute approximate surface area is 224 Å². The number of carbonyl (C=O) groups is 1. The van der Waals surface area contributed by atoms with Gasteiger partial charge in [0.1, 0.15) is 18.2 Å². The third-order valence-electron chi connectivity index (χ3n) is 5.88. The van der Waals surface area contributed by atoms with E-state index in [4.69, 9.17) is 16.2 Å². The lowest BCUT2D eigenvalue weighted by Gasteiger charge is -2.15. The standard InChI is InChI=1S/C22H22BrClN4O6S2/c23-13-3-1-2-11(4-13)19(30)15-7-18(35-21(15)24)20(31)16-9-25-10-26-22(16)28-14-5-12(17(29)6-14)8-27-36(32,33)34/h1-4,7,9-10,12,14,17,19,27,29-30H,5-6,8H2,(H,25,26,28)(H,32,33,34)/t12-,14-,17+,19+/m1/s1. The van der Waals surface area contributed by atoms with Gasteiger partial charge in [-0.05, 0) is 36.6 Å². The topological polar surface area (TPSA) is 162 Å². The number of aliphatic hydroxyl groups is 2. The van der Waals surface area contributed by atoms with Crippen LogP contribution in [0.1, 0.15) is 45.3 Å². The summed E-state index contributed by atoms with van der Waals surface area (Å²) in [6.07, 6.45) is 1.50. The lowest BCUT2D eigenvalue weighted by atomic mass is 10.0. The molecule has 10 nitrogen and oxygen atoms in total. The van der Waals surface area contributed by atoms with E-state index in [0.717, 1.165) is 15.8 Å². The number of carbonyl (C=O) groups excluding carboxylic acids is 1. The van der Waals surface area contributed by atoms with Gasteiger partial charge in [-0.2, -0.15) is 13.1 Å². The molecule has 4 atom stereocenters. The van der Waals surface area contributed by atoms with E-state index >= 15 is 0 Å². The second kappa shape index (κ2) is 11.2. The summed E-state index contributed by atoms with van der Waals surface area (Å²) < 4.78 is 33.9. The van der Waals surface area contributed by atoms with Gasteiger partial charge in [-0.1, -0.05) is 39.7 Å². The second-order valence-electron chi connectivity index (χ2n) is 8.38. The molecule has 3 aromatic rings. The molecule has 1 fully saturated rings. The first-order valence-corrected chi connectivity index (χ1v) is 14.2. The number of aliphatic hydroxyl groups excluding tert-OH is 2. The molecule has 14 heteroatoms. The zero-order chi connectivity index (χ0) is 26.0. The van der Waals surface area contributed by atoms with Crippen molar-refractivity contribution in [3.05, 3.63) is 73.2 Å². The maximum Gasteiger partial charge on any atom is 0.333 e. The highest BCUT2D eigenvalue weighted by atomic mass is 79.9. The zero-order valence-electron chi connectivity index (χ0n) is 18.5. The number of aromatic nitrogens is 2. The van der Waals surface area contributed by atoms with E-state index in [1.54, 1.807) is 24.3 Å². The fourth-order valence-corrected chi connectivity index (χ4v) is 6.25. The van der Waals surface area contributed by atoms with Crippen LogP contribution < -0.4 is 10.0 Å². The Morgan fingerprint density at radius 1 is 1.31 bits per heavy atom. The Balaban J connectivity index is 1.51. The van der Waals surface area contributed by atoms with Crippen LogP contribution in [0.3, 0.4) is 0 Å². The number of hydrogen-bond donors (Lipinski definition) is 5. The van der Waals surface area contributed by atoms with Crippen LogP contribution in [-0.4, -0.2) is 57.6 Å². The lowest BCUT2D eigenvalue weighted by molar-refractivity contribution is 0.104. The van der Waals surface area contributed by atoms with E-state index in [1.807, 2.05) is 10.8 Å². The predicted molar refractivity (Wildman–Crippen MR) is 139 cm³/mol. The maximum absolute atomic E-state index is 13.3. The van der Waals surface area contributed by atoms with Crippen LogP contribution in [0.2, 0.25) is 4.34 Å². The summed E-state index contributed by atoms with van der Waals surface area (Å²) in [7, 11) is -4.36. The van der Waals surface area contributed by atoms with Crippen molar-refractivity contribution in [2.45, 2.75) is 31.1 Å². The number of anilines is 1. The molecule has 1 aromatic carbocycles. The van der Waals surface area contributed by atoms with E-state index in [1.165, 1.54) is 12.5 Å². The molecule has 0 radical (unpaired) electrons. The van der Waals surface area contributed by atoms with Crippen molar-refractivity contribution in [3.63, 3.8) is 0 Å². The molecule has 1 saturated carbocycles. The second-order valence-corrected chi connectivity index (χ2v) is 12.2. The van der Waals surface area contributed by atoms with Crippen LogP contribution in [0.15, 0.2) is 47.3 Å². The van der Waals surface area contributed by atoms with Crippen LogP contribution in [0, 0.1) is 5.92 Å². The molecule has 5 N–H and O–H groups in total. The van der Waals surface area contributed by atoms with Gasteiger partial charge in [0.25, 0.3) is 0 Å². The molecule has 2 heterocycles. The number of rotatable bonds is 9. The summed E-state index contributed by atoms with van der Waals surface area (Å²) >= 11 is 10.8. The molecule has 4 rings (SSSR count). The van der Waals surface area contributed by atoms with Crippen molar-refractivity contribution >= 4 is 60.8 Å².